The zero-order chi connectivity index (χ0) is 12.6. The molecule has 0 radical (unpaired) electrons. The molecule has 1 aromatic carbocycles. The van der Waals surface area contributed by atoms with Gasteiger partial charge in [-0.1, -0.05) is 11.8 Å². The van der Waals surface area contributed by atoms with E-state index < -0.39 is 0 Å². The fourth-order valence-electron chi connectivity index (χ4n) is 1.97. The summed E-state index contributed by atoms with van der Waals surface area (Å²) in [5.41, 5.74) is 6.29. The highest BCUT2D eigenvalue weighted by Gasteiger charge is 2.14. The van der Waals surface area contributed by atoms with Crippen LogP contribution in [0, 0.1) is 11.8 Å². The van der Waals surface area contributed by atoms with Crippen molar-refractivity contribution >= 4 is 0 Å². The fourth-order valence-corrected chi connectivity index (χ4v) is 1.97. The molecule has 0 aliphatic carbocycles. The smallest absolute Gasteiger partial charge is 0.119 e. The van der Waals surface area contributed by atoms with Crippen LogP contribution in [-0.2, 0) is 4.74 Å². The Morgan fingerprint density at radius 1 is 1.33 bits per heavy atom. The Morgan fingerprint density at radius 3 is 2.83 bits per heavy atom. The van der Waals surface area contributed by atoms with Crippen LogP contribution in [-0.4, -0.2) is 25.9 Å². The number of hydrogen-bond donors (Lipinski definition) is 1. The molecule has 0 spiro atoms. The zero-order valence-electron chi connectivity index (χ0n) is 10.5. The lowest BCUT2D eigenvalue weighted by Gasteiger charge is -2.10. The average Bonchev–Trinajstić information content (AvgIpc) is 2.91. The van der Waals surface area contributed by atoms with E-state index in [-0.39, 0.29) is 0 Å². The number of ether oxygens (including phenoxy) is 2. The maximum atomic E-state index is 5.67. The first kappa shape index (κ1) is 12.9. The highest BCUT2D eigenvalue weighted by atomic mass is 16.5. The second-order valence-corrected chi connectivity index (χ2v) is 4.30. The quantitative estimate of drug-likeness (QED) is 0.825. The third-order valence-corrected chi connectivity index (χ3v) is 2.92. The van der Waals surface area contributed by atoms with Gasteiger partial charge in [0.15, 0.2) is 0 Å². The molecule has 0 amide bonds. The number of hydrogen-bond acceptors (Lipinski definition) is 3. The predicted octanol–water partition coefficient (Wildman–Crippen LogP) is 1.94. The van der Waals surface area contributed by atoms with E-state index in [1.165, 1.54) is 6.42 Å². The van der Waals surface area contributed by atoms with Crippen molar-refractivity contribution in [2.75, 3.05) is 19.8 Å². The van der Waals surface area contributed by atoms with Gasteiger partial charge in [-0.15, -0.1) is 0 Å². The molecule has 1 heterocycles. The van der Waals surface area contributed by atoms with Crippen molar-refractivity contribution in [3.05, 3.63) is 29.8 Å². The molecule has 1 unspecified atom stereocenters. The Bertz CT molecular complexity index is 410. The van der Waals surface area contributed by atoms with E-state index in [4.69, 9.17) is 15.2 Å². The third-order valence-electron chi connectivity index (χ3n) is 2.92. The molecule has 1 atom stereocenters. The minimum Gasteiger partial charge on any atom is -0.493 e. The van der Waals surface area contributed by atoms with Crippen LogP contribution in [0.25, 0.3) is 0 Å². The molecule has 1 saturated heterocycles. The summed E-state index contributed by atoms with van der Waals surface area (Å²) in [6.07, 6.45) is 3.70. The number of benzene rings is 1. The van der Waals surface area contributed by atoms with Crippen LogP contribution >= 0.6 is 0 Å². The highest BCUT2D eigenvalue weighted by molar-refractivity contribution is 5.38. The lowest BCUT2D eigenvalue weighted by atomic mass is 10.2. The third kappa shape index (κ3) is 4.06. The molecule has 3 heteroatoms. The van der Waals surface area contributed by atoms with Gasteiger partial charge in [-0.2, -0.15) is 0 Å². The van der Waals surface area contributed by atoms with Gasteiger partial charge in [-0.25, -0.2) is 0 Å². The zero-order valence-corrected chi connectivity index (χ0v) is 10.5. The van der Waals surface area contributed by atoms with Crippen LogP contribution < -0.4 is 10.5 Å². The molecule has 96 valence electrons. The van der Waals surface area contributed by atoms with Gasteiger partial charge in [-0.3, -0.25) is 0 Å². The van der Waals surface area contributed by atoms with E-state index in [2.05, 4.69) is 11.8 Å². The second-order valence-electron chi connectivity index (χ2n) is 4.30. The molecule has 1 fully saturated rings. The molecular weight excluding hydrogens is 226 g/mol. The number of rotatable bonds is 4. The normalized spacial score (nSPS) is 18.2. The van der Waals surface area contributed by atoms with Gasteiger partial charge in [0, 0.05) is 18.6 Å². The van der Waals surface area contributed by atoms with E-state index in [9.17, 15) is 0 Å². The summed E-state index contributed by atoms with van der Waals surface area (Å²) in [4.78, 5) is 0. The van der Waals surface area contributed by atoms with Gasteiger partial charge in [0.05, 0.1) is 19.3 Å². The summed E-state index contributed by atoms with van der Waals surface area (Å²) in [6, 6.07) is 7.78. The molecule has 1 aliphatic heterocycles. The van der Waals surface area contributed by atoms with Crippen molar-refractivity contribution in [2.45, 2.75) is 25.4 Å². The van der Waals surface area contributed by atoms with Crippen LogP contribution in [0.3, 0.4) is 0 Å². The van der Waals surface area contributed by atoms with E-state index in [0.29, 0.717) is 19.3 Å². The Hall–Kier alpha value is -1.50. The van der Waals surface area contributed by atoms with Crippen LogP contribution in [0.2, 0.25) is 0 Å². The minimum absolute atomic E-state index is 0.389. The lowest BCUT2D eigenvalue weighted by molar-refractivity contribution is 0.0903. The summed E-state index contributed by atoms with van der Waals surface area (Å²) in [7, 11) is 0. The lowest BCUT2D eigenvalue weighted by Crippen LogP contribution is -2.10. The summed E-state index contributed by atoms with van der Waals surface area (Å²) >= 11 is 0. The van der Waals surface area contributed by atoms with Gasteiger partial charge < -0.3 is 15.2 Å². The maximum Gasteiger partial charge on any atom is 0.119 e. The first-order chi connectivity index (χ1) is 8.88. The van der Waals surface area contributed by atoms with Crippen LogP contribution in [0.4, 0.5) is 0 Å². The molecule has 2 rings (SSSR count). The molecule has 0 bridgehead atoms. The molecule has 0 aromatic heterocycles. The standard InChI is InChI=1S/C15H19NO2/c16-10-1-3-13-5-7-15(8-6-13)18-12-9-14-4-2-11-17-14/h5-8,14H,2,4,9-12,16H2. The van der Waals surface area contributed by atoms with Crippen molar-refractivity contribution in [1.29, 1.82) is 0 Å². The van der Waals surface area contributed by atoms with E-state index in [0.717, 1.165) is 30.8 Å². The first-order valence-corrected chi connectivity index (χ1v) is 6.42. The van der Waals surface area contributed by atoms with Gasteiger partial charge in [0.1, 0.15) is 5.75 Å². The van der Waals surface area contributed by atoms with Crippen molar-refractivity contribution in [2.24, 2.45) is 5.73 Å². The summed E-state index contributed by atoms with van der Waals surface area (Å²) in [5.74, 6) is 6.69. The molecular formula is C15H19NO2. The Labute approximate surface area is 108 Å². The van der Waals surface area contributed by atoms with E-state index in [1.54, 1.807) is 0 Å². The van der Waals surface area contributed by atoms with Gasteiger partial charge in [0.2, 0.25) is 0 Å². The molecule has 1 aromatic rings. The van der Waals surface area contributed by atoms with Crippen molar-refractivity contribution in [3.8, 4) is 17.6 Å². The maximum absolute atomic E-state index is 5.67. The van der Waals surface area contributed by atoms with Gasteiger partial charge in [-0.05, 0) is 37.1 Å². The summed E-state index contributed by atoms with van der Waals surface area (Å²) < 4.78 is 11.2. The van der Waals surface area contributed by atoms with Crippen LogP contribution in [0.1, 0.15) is 24.8 Å². The van der Waals surface area contributed by atoms with Crippen LogP contribution in [0.15, 0.2) is 24.3 Å². The average molecular weight is 245 g/mol. The highest BCUT2D eigenvalue weighted by Crippen LogP contribution is 2.17. The molecule has 18 heavy (non-hydrogen) atoms. The van der Waals surface area contributed by atoms with Crippen molar-refractivity contribution < 1.29 is 9.47 Å². The monoisotopic (exact) mass is 245 g/mol. The van der Waals surface area contributed by atoms with Gasteiger partial charge >= 0.3 is 0 Å². The van der Waals surface area contributed by atoms with Gasteiger partial charge in [0.25, 0.3) is 0 Å². The summed E-state index contributed by atoms with van der Waals surface area (Å²) in [6.45, 7) is 2.00. The molecule has 0 saturated carbocycles. The second kappa shape index (κ2) is 7.05. The van der Waals surface area contributed by atoms with E-state index >= 15 is 0 Å². The SMILES string of the molecule is NCC#Cc1ccc(OCCC2CCCO2)cc1. The molecule has 3 nitrogen and oxygen atoms in total. The topological polar surface area (TPSA) is 44.5 Å². The van der Waals surface area contributed by atoms with E-state index in [1.807, 2.05) is 24.3 Å². The Kier molecular flexibility index (Phi) is 5.07. The molecule has 1 aliphatic rings. The summed E-state index contributed by atoms with van der Waals surface area (Å²) in [5, 5.41) is 0. The Morgan fingerprint density at radius 2 is 2.17 bits per heavy atom. The fraction of sp³-hybridized carbons (Fsp3) is 0.467. The van der Waals surface area contributed by atoms with Crippen molar-refractivity contribution in [1.82, 2.24) is 0 Å². The van der Waals surface area contributed by atoms with Crippen molar-refractivity contribution in [3.63, 3.8) is 0 Å². The number of nitrogens with two attached hydrogens (primary N) is 1. The first-order valence-electron chi connectivity index (χ1n) is 6.42. The Balaban J connectivity index is 1.75. The largest absolute Gasteiger partial charge is 0.493 e. The minimum atomic E-state index is 0.389. The van der Waals surface area contributed by atoms with Crippen LogP contribution in [0.5, 0.6) is 5.75 Å². The molecule has 2 N–H and O–H groups in total. The predicted molar refractivity (Wildman–Crippen MR) is 71.5 cm³/mol.